The monoisotopic (exact) mass is 455 g/mol. The molecular weight excluding hydrogens is 418 g/mol. The summed E-state index contributed by atoms with van der Waals surface area (Å²) in [5.41, 5.74) is 6.08. The first-order valence-corrected chi connectivity index (χ1v) is 10.9. The lowest BCUT2D eigenvalue weighted by Gasteiger charge is -2.29. The van der Waals surface area contributed by atoms with Crippen molar-refractivity contribution in [1.29, 1.82) is 0 Å². The van der Waals surface area contributed by atoms with Crippen LogP contribution < -0.4 is 11.1 Å². The third-order valence-corrected chi connectivity index (χ3v) is 5.06. The number of carbonyl (C=O) groups excluding carboxylic acids is 2. The number of nitrogens with one attached hydrogen (secondary N) is 1. The standard InChI is InChI=1S/C22H37N3O7/c1-2-3-4-5-11-25(13-18(27)20(29)19(28)14-26)12-10-24-21(30)17-8-6-16(7-9-17)15-32-22(23)31/h6-9,18-20,26-29H,2-5,10-15H2,1H3,(H2,23,31)(H,24,30). The van der Waals surface area contributed by atoms with Crippen LogP contribution in [-0.4, -0.2) is 88.4 Å². The molecule has 0 radical (unpaired) electrons. The van der Waals surface area contributed by atoms with E-state index in [0.717, 1.165) is 25.7 Å². The summed E-state index contributed by atoms with van der Waals surface area (Å²) in [5, 5.41) is 41.4. The Morgan fingerprint density at radius 2 is 1.75 bits per heavy atom. The number of aliphatic hydroxyl groups excluding tert-OH is 4. The van der Waals surface area contributed by atoms with Gasteiger partial charge in [0.15, 0.2) is 0 Å². The minimum absolute atomic E-state index is 0.0311. The molecule has 1 rings (SSSR count). The van der Waals surface area contributed by atoms with Crippen molar-refractivity contribution in [3.8, 4) is 0 Å². The van der Waals surface area contributed by atoms with Crippen molar-refractivity contribution >= 4 is 12.0 Å². The van der Waals surface area contributed by atoms with Crippen molar-refractivity contribution in [3.63, 3.8) is 0 Å². The summed E-state index contributed by atoms with van der Waals surface area (Å²) in [6, 6.07) is 6.58. The molecule has 2 amide bonds. The van der Waals surface area contributed by atoms with Gasteiger partial charge >= 0.3 is 6.09 Å². The summed E-state index contributed by atoms with van der Waals surface area (Å²) >= 11 is 0. The Labute approximate surface area is 189 Å². The van der Waals surface area contributed by atoms with E-state index in [0.29, 0.717) is 30.8 Å². The van der Waals surface area contributed by atoms with Gasteiger partial charge in [0.2, 0.25) is 0 Å². The van der Waals surface area contributed by atoms with Crippen LogP contribution in [0, 0.1) is 0 Å². The van der Waals surface area contributed by atoms with Crippen LogP contribution in [0.1, 0.15) is 48.5 Å². The summed E-state index contributed by atoms with van der Waals surface area (Å²) in [7, 11) is 0. The molecule has 3 unspecified atom stereocenters. The quantitative estimate of drug-likeness (QED) is 0.189. The molecule has 0 aliphatic heterocycles. The average molecular weight is 456 g/mol. The topological polar surface area (TPSA) is 166 Å². The molecular formula is C22H37N3O7. The zero-order chi connectivity index (χ0) is 23.9. The van der Waals surface area contributed by atoms with Gasteiger partial charge in [-0.3, -0.25) is 9.69 Å². The molecule has 0 fully saturated rings. The molecule has 32 heavy (non-hydrogen) atoms. The third kappa shape index (κ3) is 10.9. The van der Waals surface area contributed by atoms with Crippen molar-refractivity contribution in [2.75, 3.05) is 32.8 Å². The van der Waals surface area contributed by atoms with Gasteiger partial charge in [0, 0.05) is 25.2 Å². The molecule has 3 atom stereocenters. The molecule has 0 spiro atoms. The minimum Gasteiger partial charge on any atom is -0.445 e. The van der Waals surface area contributed by atoms with Crippen molar-refractivity contribution in [2.24, 2.45) is 5.73 Å². The maximum absolute atomic E-state index is 12.4. The Morgan fingerprint density at radius 1 is 1.06 bits per heavy atom. The average Bonchev–Trinajstić information content (AvgIpc) is 2.79. The number of amides is 2. The molecule has 0 aliphatic carbocycles. The number of aliphatic hydroxyl groups is 4. The molecule has 0 heterocycles. The molecule has 0 saturated carbocycles. The molecule has 1 aromatic rings. The summed E-state index contributed by atoms with van der Waals surface area (Å²) in [4.78, 5) is 24.9. The zero-order valence-electron chi connectivity index (χ0n) is 18.7. The van der Waals surface area contributed by atoms with E-state index in [9.17, 15) is 24.9 Å². The summed E-state index contributed by atoms with van der Waals surface area (Å²) in [6.45, 7) is 3.05. The molecule has 182 valence electrons. The predicted molar refractivity (Wildman–Crippen MR) is 119 cm³/mol. The van der Waals surface area contributed by atoms with Gasteiger partial charge in [0.05, 0.1) is 12.7 Å². The van der Waals surface area contributed by atoms with Crippen molar-refractivity contribution in [2.45, 2.75) is 57.5 Å². The van der Waals surface area contributed by atoms with Crippen LogP contribution in [0.15, 0.2) is 24.3 Å². The van der Waals surface area contributed by atoms with Crippen molar-refractivity contribution < 1.29 is 34.8 Å². The lowest BCUT2D eigenvalue weighted by molar-refractivity contribution is -0.0840. The maximum atomic E-state index is 12.4. The molecule has 10 nitrogen and oxygen atoms in total. The Bertz CT molecular complexity index is 672. The normalized spacial score (nSPS) is 14.1. The zero-order valence-corrected chi connectivity index (χ0v) is 18.7. The third-order valence-electron chi connectivity index (χ3n) is 5.06. The summed E-state index contributed by atoms with van der Waals surface area (Å²) in [6.07, 6.45) is -0.838. The van der Waals surface area contributed by atoms with Crippen LogP contribution in [0.3, 0.4) is 0 Å². The van der Waals surface area contributed by atoms with Crippen LogP contribution in [0.4, 0.5) is 4.79 Å². The molecule has 10 heteroatoms. The second-order valence-electron chi connectivity index (χ2n) is 7.73. The second-order valence-corrected chi connectivity index (χ2v) is 7.73. The number of benzene rings is 1. The Morgan fingerprint density at radius 3 is 2.34 bits per heavy atom. The minimum atomic E-state index is -1.45. The van der Waals surface area contributed by atoms with Gasteiger partial charge in [-0.15, -0.1) is 0 Å². The first-order valence-electron chi connectivity index (χ1n) is 10.9. The number of nitrogens with two attached hydrogens (primary N) is 1. The number of carbonyl (C=O) groups is 2. The highest BCUT2D eigenvalue weighted by Crippen LogP contribution is 2.08. The number of rotatable bonds is 16. The fourth-order valence-corrected chi connectivity index (χ4v) is 3.13. The fourth-order valence-electron chi connectivity index (χ4n) is 3.13. The predicted octanol–water partition coefficient (Wildman–Crippen LogP) is -0.0310. The highest BCUT2D eigenvalue weighted by atomic mass is 16.5. The molecule has 1 aromatic carbocycles. The summed E-state index contributed by atoms with van der Waals surface area (Å²) in [5.74, 6) is -0.269. The number of ether oxygens (including phenoxy) is 1. The van der Waals surface area contributed by atoms with Gasteiger partial charge in [-0.2, -0.15) is 0 Å². The van der Waals surface area contributed by atoms with Crippen LogP contribution in [-0.2, 0) is 11.3 Å². The van der Waals surface area contributed by atoms with E-state index in [-0.39, 0.29) is 19.1 Å². The van der Waals surface area contributed by atoms with E-state index >= 15 is 0 Å². The van der Waals surface area contributed by atoms with Gasteiger partial charge in [-0.1, -0.05) is 38.3 Å². The Hall–Kier alpha value is -2.24. The first-order chi connectivity index (χ1) is 15.3. The molecule has 0 aliphatic rings. The van der Waals surface area contributed by atoms with Crippen LogP contribution in [0.2, 0.25) is 0 Å². The maximum Gasteiger partial charge on any atom is 0.404 e. The van der Waals surface area contributed by atoms with E-state index in [1.807, 2.05) is 4.90 Å². The lowest BCUT2D eigenvalue weighted by atomic mass is 10.1. The van der Waals surface area contributed by atoms with Crippen molar-refractivity contribution in [1.82, 2.24) is 10.2 Å². The highest BCUT2D eigenvalue weighted by Gasteiger charge is 2.25. The molecule has 0 saturated heterocycles. The number of unbranched alkanes of at least 4 members (excludes halogenated alkanes) is 3. The van der Waals surface area contributed by atoms with Gasteiger partial charge in [0.25, 0.3) is 5.91 Å². The van der Waals surface area contributed by atoms with Gasteiger partial charge in [-0.05, 0) is 30.7 Å². The van der Waals surface area contributed by atoms with E-state index in [1.54, 1.807) is 24.3 Å². The smallest absolute Gasteiger partial charge is 0.404 e. The van der Waals surface area contributed by atoms with Crippen molar-refractivity contribution in [3.05, 3.63) is 35.4 Å². The van der Waals surface area contributed by atoms with Gasteiger partial charge < -0.3 is 36.2 Å². The van der Waals surface area contributed by atoms with Gasteiger partial charge in [-0.25, -0.2) is 4.79 Å². The van der Waals surface area contributed by atoms with Crippen LogP contribution in [0.5, 0.6) is 0 Å². The van der Waals surface area contributed by atoms with E-state index in [1.165, 1.54) is 0 Å². The SMILES string of the molecule is CCCCCCN(CCNC(=O)c1ccc(COC(N)=O)cc1)CC(O)C(O)C(O)CO. The number of primary amides is 1. The number of hydrogen-bond donors (Lipinski definition) is 6. The van der Waals surface area contributed by atoms with Crippen LogP contribution >= 0.6 is 0 Å². The van der Waals surface area contributed by atoms with E-state index in [4.69, 9.17) is 15.6 Å². The molecule has 0 aromatic heterocycles. The van der Waals surface area contributed by atoms with E-state index < -0.39 is 31.0 Å². The van der Waals surface area contributed by atoms with Gasteiger partial charge in [0.1, 0.15) is 18.8 Å². The number of hydrogen-bond acceptors (Lipinski definition) is 8. The Kier molecular flexibility index (Phi) is 13.5. The lowest BCUT2D eigenvalue weighted by Crippen LogP contribution is -2.47. The molecule has 0 bridgehead atoms. The fraction of sp³-hybridized carbons (Fsp3) is 0.636. The van der Waals surface area contributed by atoms with E-state index in [2.05, 4.69) is 12.2 Å². The first kappa shape index (κ1) is 27.8. The Balaban J connectivity index is 2.56. The second kappa shape index (κ2) is 15.5. The summed E-state index contributed by atoms with van der Waals surface area (Å²) < 4.78 is 4.70. The highest BCUT2D eigenvalue weighted by molar-refractivity contribution is 5.94. The largest absolute Gasteiger partial charge is 0.445 e. The molecule has 7 N–H and O–H groups in total. The number of nitrogens with zero attached hydrogens (tertiary/aromatic N) is 1. The van der Waals surface area contributed by atoms with Crippen LogP contribution in [0.25, 0.3) is 0 Å².